The number of hydrogen-bond acceptors (Lipinski definition) is 3. The SMILES string of the molecule is Fc1ccc(Cn2cc(CN3CC[C@@H](C4CCOCC4)C3)cn2)cc1. The highest BCUT2D eigenvalue weighted by atomic mass is 19.1. The number of likely N-dealkylation sites (tertiary alicyclic amines) is 1. The molecule has 4 nitrogen and oxygen atoms in total. The Morgan fingerprint density at radius 3 is 2.60 bits per heavy atom. The summed E-state index contributed by atoms with van der Waals surface area (Å²) in [5, 5.41) is 4.46. The van der Waals surface area contributed by atoms with Crippen LogP contribution in [0.15, 0.2) is 36.7 Å². The standard InChI is InChI=1S/C20H26FN3O/c21-20-3-1-16(2-4-20)13-24-14-17(11-22-24)12-23-8-5-19(15-23)18-6-9-25-10-7-18/h1-4,11,14,18-19H,5-10,12-13,15H2/t19-/m1/s1. The molecule has 5 heteroatoms. The summed E-state index contributed by atoms with van der Waals surface area (Å²) in [6.07, 6.45) is 7.85. The van der Waals surface area contributed by atoms with Gasteiger partial charge in [-0.2, -0.15) is 5.10 Å². The highest BCUT2D eigenvalue weighted by Crippen LogP contribution is 2.31. The van der Waals surface area contributed by atoms with Gasteiger partial charge in [-0.25, -0.2) is 4.39 Å². The van der Waals surface area contributed by atoms with E-state index in [9.17, 15) is 4.39 Å². The van der Waals surface area contributed by atoms with Crippen LogP contribution in [0.4, 0.5) is 4.39 Å². The van der Waals surface area contributed by atoms with Gasteiger partial charge in [0.05, 0.1) is 12.7 Å². The molecule has 2 fully saturated rings. The minimum Gasteiger partial charge on any atom is -0.381 e. The molecule has 2 aromatic rings. The van der Waals surface area contributed by atoms with Crippen molar-refractivity contribution in [3.63, 3.8) is 0 Å². The number of nitrogens with zero attached hydrogens (tertiary/aromatic N) is 3. The molecule has 1 atom stereocenters. The average Bonchev–Trinajstić information content (AvgIpc) is 3.28. The molecule has 1 aromatic carbocycles. The Hall–Kier alpha value is -1.72. The van der Waals surface area contributed by atoms with Gasteiger partial charge in [-0.15, -0.1) is 0 Å². The van der Waals surface area contributed by atoms with Crippen LogP contribution in [0.25, 0.3) is 0 Å². The van der Waals surface area contributed by atoms with E-state index in [1.165, 1.54) is 50.0 Å². The molecule has 2 aliphatic heterocycles. The highest BCUT2D eigenvalue weighted by molar-refractivity contribution is 5.17. The van der Waals surface area contributed by atoms with Crippen molar-refractivity contribution < 1.29 is 9.13 Å². The molecule has 3 heterocycles. The summed E-state index contributed by atoms with van der Waals surface area (Å²) in [4.78, 5) is 2.55. The van der Waals surface area contributed by atoms with Crippen molar-refractivity contribution in [1.29, 1.82) is 0 Å². The molecule has 0 aliphatic carbocycles. The Morgan fingerprint density at radius 2 is 1.80 bits per heavy atom. The zero-order valence-corrected chi connectivity index (χ0v) is 14.6. The summed E-state index contributed by atoms with van der Waals surface area (Å²) in [7, 11) is 0. The van der Waals surface area contributed by atoms with Crippen LogP contribution in [0, 0.1) is 17.7 Å². The minimum absolute atomic E-state index is 0.196. The third-order valence-corrected chi connectivity index (χ3v) is 5.59. The molecule has 4 rings (SSSR count). The summed E-state index contributed by atoms with van der Waals surface area (Å²) in [6.45, 7) is 5.93. The van der Waals surface area contributed by atoms with Crippen LogP contribution in [0.1, 0.15) is 30.4 Å². The lowest BCUT2D eigenvalue weighted by Gasteiger charge is -2.27. The molecule has 0 amide bonds. The maximum absolute atomic E-state index is 13.0. The van der Waals surface area contributed by atoms with E-state index in [2.05, 4.69) is 16.2 Å². The fourth-order valence-electron chi connectivity index (χ4n) is 4.19. The smallest absolute Gasteiger partial charge is 0.123 e. The maximum atomic E-state index is 13.0. The summed E-state index contributed by atoms with van der Waals surface area (Å²) in [5.41, 5.74) is 2.33. The Balaban J connectivity index is 1.30. The topological polar surface area (TPSA) is 30.3 Å². The molecule has 134 valence electrons. The Bertz CT molecular complexity index is 679. The van der Waals surface area contributed by atoms with Gasteiger partial charge < -0.3 is 4.74 Å². The van der Waals surface area contributed by atoms with E-state index in [0.29, 0.717) is 6.54 Å². The number of benzene rings is 1. The fourth-order valence-corrected chi connectivity index (χ4v) is 4.19. The van der Waals surface area contributed by atoms with Crippen molar-refractivity contribution in [3.8, 4) is 0 Å². The van der Waals surface area contributed by atoms with Gasteiger partial charge in [0.15, 0.2) is 0 Å². The lowest BCUT2D eigenvalue weighted by Crippen LogP contribution is -2.26. The van der Waals surface area contributed by atoms with Crippen molar-refractivity contribution in [3.05, 3.63) is 53.6 Å². The number of rotatable bonds is 5. The molecular formula is C20H26FN3O. The third kappa shape index (κ3) is 4.28. The van der Waals surface area contributed by atoms with Crippen LogP contribution in [-0.2, 0) is 17.8 Å². The van der Waals surface area contributed by atoms with Crippen molar-refractivity contribution in [2.45, 2.75) is 32.4 Å². The van der Waals surface area contributed by atoms with E-state index in [1.807, 2.05) is 23.0 Å². The summed E-state index contributed by atoms with van der Waals surface area (Å²) < 4.78 is 20.4. The van der Waals surface area contributed by atoms with Gasteiger partial charge in [-0.3, -0.25) is 9.58 Å². The molecule has 0 unspecified atom stereocenters. The molecule has 1 aromatic heterocycles. The summed E-state index contributed by atoms with van der Waals surface area (Å²) >= 11 is 0. The van der Waals surface area contributed by atoms with E-state index in [-0.39, 0.29) is 5.82 Å². The van der Waals surface area contributed by atoms with Crippen LogP contribution >= 0.6 is 0 Å². The monoisotopic (exact) mass is 343 g/mol. The van der Waals surface area contributed by atoms with E-state index >= 15 is 0 Å². The first kappa shape index (κ1) is 16.7. The van der Waals surface area contributed by atoms with Crippen LogP contribution in [-0.4, -0.2) is 41.0 Å². The van der Waals surface area contributed by atoms with Crippen LogP contribution < -0.4 is 0 Å². The van der Waals surface area contributed by atoms with Crippen molar-refractivity contribution in [2.24, 2.45) is 11.8 Å². The average molecular weight is 343 g/mol. The lowest BCUT2D eigenvalue weighted by atomic mass is 9.85. The zero-order valence-electron chi connectivity index (χ0n) is 14.6. The van der Waals surface area contributed by atoms with Gasteiger partial charge in [-0.05, 0) is 55.3 Å². The van der Waals surface area contributed by atoms with Crippen molar-refractivity contribution in [1.82, 2.24) is 14.7 Å². The molecule has 25 heavy (non-hydrogen) atoms. The van der Waals surface area contributed by atoms with Gasteiger partial charge in [0.1, 0.15) is 5.82 Å². The van der Waals surface area contributed by atoms with Crippen LogP contribution in [0.5, 0.6) is 0 Å². The van der Waals surface area contributed by atoms with E-state index in [1.54, 1.807) is 0 Å². The first-order chi connectivity index (χ1) is 12.3. The Morgan fingerprint density at radius 1 is 1.00 bits per heavy atom. The Labute approximate surface area is 148 Å². The first-order valence-electron chi connectivity index (χ1n) is 9.32. The molecule has 0 N–H and O–H groups in total. The fraction of sp³-hybridized carbons (Fsp3) is 0.550. The number of hydrogen-bond donors (Lipinski definition) is 0. The summed E-state index contributed by atoms with van der Waals surface area (Å²) in [6, 6.07) is 6.63. The van der Waals surface area contributed by atoms with Crippen molar-refractivity contribution in [2.75, 3.05) is 26.3 Å². The second-order valence-electron chi connectivity index (χ2n) is 7.41. The zero-order chi connectivity index (χ0) is 17.1. The predicted molar refractivity (Wildman–Crippen MR) is 94.7 cm³/mol. The van der Waals surface area contributed by atoms with Gasteiger partial charge in [0.25, 0.3) is 0 Å². The molecule has 0 bridgehead atoms. The molecule has 0 spiro atoms. The molecular weight excluding hydrogens is 317 g/mol. The molecule has 0 radical (unpaired) electrons. The maximum Gasteiger partial charge on any atom is 0.123 e. The van der Waals surface area contributed by atoms with Crippen LogP contribution in [0.2, 0.25) is 0 Å². The number of ether oxygens (including phenoxy) is 1. The Kier molecular flexibility index (Phi) is 5.13. The minimum atomic E-state index is -0.196. The molecule has 2 saturated heterocycles. The lowest BCUT2D eigenvalue weighted by molar-refractivity contribution is 0.0477. The second-order valence-corrected chi connectivity index (χ2v) is 7.41. The third-order valence-electron chi connectivity index (χ3n) is 5.59. The summed E-state index contributed by atoms with van der Waals surface area (Å²) in [5.74, 6) is 1.48. The molecule has 2 aliphatic rings. The highest BCUT2D eigenvalue weighted by Gasteiger charge is 2.30. The van der Waals surface area contributed by atoms with Crippen LogP contribution in [0.3, 0.4) is 0 Å². The van der Waals surface area contributed by atoms with E-state index in [4.69, 9.17) is 4.74 Å². The van der Waals surface area contributed by atoms with Gasteiger partial charge in [0, 0.05) is 38.1 Å². The van der Waals surface area contributed by atoms with Crippen molar-refractivity contribution >= 4 is 0 Å². The normalized spacial score (nSPS) is 22.5. The van der Waals surface area contributed by atoms with Gasteiger partial charge in [-0.1, -0.05) is 12.1 Å². The number of aromatic nitrogens is 2. The van der Waals surface area contributed by atoms with Gasteiger partial charge in [0.2, 0.25) is 0 Å². The van der Waals surface area contributed by atoms with E-state index in [0.717, 1.165) is 37.2 Å². The second kappa shape index (κ2) is 7.67. The van der Waals surface area contributed by atoms with Gasteiger partial charge >= 0.3 is 0 Å². The quantitative estimate of drug-likeness (QED) is 0.834. The number of halogens is 1. The van der Waals surface area contributed by atoms with E-state index < -0.39 is 0 Å². The predicted octanol–water partition coefficient (Wildman–Crippen LogP) is 3.32. The largest absolute Gasteiger partial charge is 0.381 e. The molecule has 0 saturated carbocycles. The first-order valence-corrected chi connectivity index (χ1v) is 9.32.